The number of halogens is 2. The van der Waals surface area contributed by atoms with Crippen LogP contribution in [0.4, 0.5) is 0 Å². The topological polar surface area (TPSA) is 17.1 Å². The van der Waals surface area contributed by atoms with Gasteiger partial charge in [-0.3, -0.25) is 4.79 Å². The van der Waals surface area contributed by atoms with E-state index in [9.17, 15) is 4.79 Å². The minimum absolute atomic E-state index is 0.650. The number of hydrogen-bond acceptors (Lipinski definition) is 1. The largest absolute Gasteiger partial charge is 0.289 e. The highest BCUT2D eigenvalue weighted by molar-refractivity contribution is 9.10. The SMILES string of the molecule is O=[C]C(Cl)c1ccc(Br)cc1. The van der Waals surface area contributed by atoms with E-state index in [4.69, 9.17) is 11.6 Å². The first-order chi connectivity index (χ1) is 5.24. The van der Waals surface area contributed by atoms with Crippen molar-refractivity contribution in [3.63, 3.8) is 0 Å². The molecule has 0 aromatic heterocycles. The fourth-order valence-corrected chi connectivity index (χ4v) is 1.11. The van der Waals surface area contributed by atoms with Gasteiger partial charge in [0.15, 0.2) is 0 Å². The van der Waals surface area contributed by atoms with Crippen LogP contribution in [0.5, 0.6) is 0 Å². The molecule has 11 heavy (non-hydrogen) atoms. The predicted octanol–water partition coefficient (Wildman–Crippen LogP) is 2.84. The van der Waals surface area contributed by atoms with E-state index >= 15 is 0 Å². The molecule has 0 saturated carbocycles. The molecular formula is C8H5BrClO. The second kappa shape index (κ2) is 3.88. The second-order valence-electron chi connectivity index (χ2n) is 2.03. The van der Waals surface area contributed by atoms with Crippen molar-refractivity contribution in [1.82, 2.24) is 0 Å². The van der Waals surface area contributed by atoms with Crippen LogP contribution in [-0.2, 0) is 4.79 Å². The third-order valence-electron chi connectivity index (χ3n) is 1.27. The first kappa shape index (κ1) is 8.75. The lowest BCUT2D eigenvalue weighted by atomic mass is 10.2. The zero-order valence-electron chi connectivity index (χ0n) is 5.55. The van der Waals surface area contributed by atoms with Gasteiger partial charge >= 0.3 is 0 Å². The van der Waals surface area contributed by atoms with Gasteiger partial charge in [-0.25, -0.2) is 0 Å². The summed E-state index contributed by atoms with van der Waals surface area (Å²) in [6, 6.07) is 7.24. The summed E-state index contributed by atoms with van der Waals surface area (Å²) in [6.07, 6.45) is 1.70. The van der Waals surface area contributed by atoms with Crippen molar-refractivity contribution in [3.8, 4) is 0 Å². The minimum Gasteiger partial charge on any atom is -0.289 e. The average Bonchev–Trinajstić information content (AvgIpc) is 2.05. The molecule has 0 spiro atoms. The standard InChI is InChI=1S/C8H5BrClO/c9-7-3-1-6(2-4-7)8(10)5-11/h1-4,8H. The van der Waals surface area contributed by atoms with Gasteiger partial charge in [0, 0.05) is 4.47 Å². The third kappa shape index (κ3) is 2.31. The van der Waals surface area contributed by atoms with Crippen LogP contribution in [0.1, 0.15) is 10.9 Å². The van der Waals surface area contributed by atoms with Gasteiger partial charge in [0.2, 0.25) is 6.29 Å². The maximum absolute atomic E-state index is 10.1. The Morgan fingerprint density at radius 2 is 1.91 bits per heavy atom. The van der Waals surface area contributed by atoms with Crippen LogP contribution in [0, 0.1) is 0 Å². The first-order valence-electron chi connectivity index (χ1n) is 3.01. The molecule has 1 unspecified atom stereocenters. The van der Waals surface area contributed by atoms with Gasteiger partial charge in [0.1, 0.15) is 5.38 Å². The van der Waals surface area contributed by atoms with Gasteiger partial charge in [0.25, 0.3) is 0 Å². The first-order valence-corrected chi connectivity index (χ1v) is 4.24. The highest BCUT2D eigenvalue weighted by atomic mass is 79.9. The van der Waals surface area contributed by atoms with E-state index in [1.54, 1.807) is 18.4 Å². The van der Waals surface area contributed by atoms with Crippen LogP contribution in [0.15, 0.2) is 28.7 Å². The summed E-state index contributed by atoms with van der Waals surface area (Å²) in [5.41, 5.74) is 0.768. The average molecular weight is 232 g/mol. The summed E-state index contributed by atoms with van der Waals surface area (Å²) in [5.74, 6) is 0. The number of carbonyl (C=O) groups excluding carboxylic acids is 1. The predicted molar refractivity (Wildman–Crippen MR) is 48.4 cm³/mol. The van der Waals surface area contributed by atoms with E-state index in [2.05, 4.69) is 15.9 Å². The summed E-state index contributed by atoms with van der Waals surface area (Å²) in [7, 11) is 0. The Hall–Kier alpha value is -0.340. The number of benzene rings is 1. The van der Waals surface area contributed by atoms with E-state index in [1.165, 1.54) is 0 Å². The smallest absolute Gasteiger partial charge is 0.222 e. The molecule has 57 valence electrons. The molecule has 0 fully saturated rings. The molecule has 1 rings (SSSR count). The Kier molecular flexibility index (Phi) is 3.09. The van der Waals surface area contributed by atoms with Gasteiger partial charge < -0.3 is 0 Å². The Morgan fingerprint density at radius 3 is 2.36 bits per heavy atom. The van der Waals surface area contributed by atoms with Crippen molar-refractivity contribution in [2.75, 3.05) is 0 Å². The molecule has 3 heteroatoms. The molecule has 0 amide bonds. The summed E-state index contributed by atoms with van der Waals surface area (Å²) >= 11 is 8.88. The molecule has 1 atom stereocenters. The summed E-state index contributed by atoms with van der Waals surface area (Å²) in [4.78, 5) is 10.1. The Labute approximate surface area is 78.5 Å². The fourth-order valence-electron chi connectivity index (χ4n) is 0.700. The van der Waals surface area contributed by atoms with Crippen LogP contribution in [0.25, 0.3) is 0 Å². The summed E-state index contributed by atoms with van der Waals surface area (Å²) < 4.78 is 0.969. The number of hydrogen-bond donors (Lipinski definition) is 0. The molecule has 0 aliphatic rings. The maximum Gasteiger partial charge on any atom is 0.222 e. The van der Waals surface area contributed by atoms with Crippen molar-refractivity contribution < 1.29 is 4.79 Å². The van der Waals surface area contributed by atoms with Crippen molar-refractivity contribution in [3.05, 3.63) is 34.3 Å². The van der Waals surface area contributed by atoms with Crippen molar-refractivity contribution in [1.29, 1.82) is 0 Å². The van der Waals surface area contributed by atoms with E-state index in [0.717, 1.165) is 10.0 Å². The molecule has 0 aliphatic carbocycles. The Morgan fingerprint density at radius 1 is 1.36 bits per heavy atom. The molecular weight excluding hydrogens is 227 g/mol. The van der Waals surface area contributed by atoms with Crippen molar-refractivity contribution in [2.45, 2.75) is 5.38 Å². The molecule has 1 radical (unpaired) electrons. The second-order valence-corrected chi connectivity index (χ2v) is 3.38. The van der Waals surface area contributed by atoms with Crippen molar-refractivity contribution in [2.24, 2.45) is 0 Å². The molecule has 0 saturated heterocycles. The van der Waals surface area contributed by atoms with E-state index in [-0.39, 0.29) is 0 Å². The maximum atomic E-state index is 10.1. The number of alkyl halides is 1. The molecule has 1 aromatic carbocycles. The monoisotopic (exact) mass is 231 g/mol. The quantitative estimate of drug-likeness (QED) is 0.717. The zero-order chi connectivity index (χ0) is 8.27. The van der Waals surface area contributed by atoms with Crippen LogP contribution in [0.2, 0.25) is 0 Å². The molecule has 0 bridgehead atoms. The fraction of sp³-hybridized carbons (Fsp3) is 0.125. The van der Waals surface area contributed by atoms with Crippen LogP contribution in [0.3, 0.4) is 0 Å². The normalized spacial score (nSPS) is 12.5. The third-order valence-corrected chi connectivity index (χ3v) is 2.14. The van der Waals surface area contributed by atoms with Gasteiger partial charge in [-0.2, -0.15) is 0 Å². The molecule has 1 nitrogen and oxygen atoms in total. The lowest BCUT2D eigenvalue weighted by molar-refractivity contribution is 0.553. The lowest BCUT2D eigenvalue weighted by Gasteiger charge is -1.99. The van der Waals surface area contributed by atoms with Gasteiger partial charge in [-0.15, -0.1) is 11.6 Å². The van der Waals surface area contributed by atoms with Gasteiger partial charge in [-0.05, 0) is 17.7 Å². The number of rotatable bonds is 2. The zero-order valence-corrected chi connectivity index (χ0v) is 7.89. The molecule has 0 aliphatic heterocycles. The van der Waals surface area contributed by atoms with Crippen molar-refractivity contribution >= 4 is 33.8 Å². The van der Waals surface area contributed by atoms with Crippen LogP contribution < -0.4 is 0 Å². The van der Waals surface area contributed by atoms with Gasteiger partial charge in [-0.1, -0.05) is 28.1 Å². The highest BCUT2D eigenvalue weighted by Gasteiger charge is 2.05. The highest BCUT2D eigenvalue weighted by Crippen LogP contribution is 2.19. The summed E-state index contributed by atoms with van der Waals surface area (Å²) in [5, 5.41) is -0.650. The van der Waals surface area contributed by atoms with Gasteiger partial charge in [0.05, 0.1) is 0 Å². The van der Waals surface area contributed by atoms with Crippen LogP contribution >= 0.6 is 27.5 Å². The molecule has 0 heterocycles. The van der Waals surface area contributed by atoms with E-state index in [0.29, 0.717) is 0 Å². The summed E-state index contributed by atoms with van der Waals surface area (Å²) in [6.45, 7) is 0. The van der Waals surface area contributed by atoms with E-state index in [1.807, 2.05) is 12.1 Å². The van der Waals surface area contributed by atoms with Crippen LogP contribution in [-0.4, -0.2) is 6.29 Å². The minimum atomic E-state index is -0.650. The van der Waals surface area contributed by atoms with E-state index < -0.39 is 5.38 Å². The lowest BCUT2D eigenvalue weighted by Crippen LogP contribution is -1.89. The Balaban J connectivity index is 2.89. The molecule has 0 N–H and O–H groups in total. The Bertz CT molecular complexity index is 245. The molecule has 1 aromatic rings.